The second kappa shape index (κ2) is 4.87. The molecule has 0 spiro atoms. The molecule has 0 saturated carbocycles. The number of hydrogen-bond acceptors (Lipinski definition) is 4. The molecule has 1 aliphatic rings. The van der Waals surface area contributed by atoms with Crippen molar-refractivity contribution in [2.24, 2.45) is 0 Å². The number of nitrogens with one attached hydrogen (secondary N) is 2. The van der Waals surface area contributed by atoms with Crippen LogP contribution in [0.15, 0.2) is 10.9 Å². The van der Waals surface area contributed by atoms with Gasteiger partial charge < -0.3 is 15.2 Å². The van der Waals surface area contributed by atoms with Gasteiger partial charge in [0.05, 0.1) is 0 Å². The van der Waals surface area contributed by atoms with E-state index in [9.17, 15) is 4.79 Å². The monoisotopic (exact) mass is 236 g/mol. The standard InChI is InChI=1S/C12H20N4O/c1-4-10-14-11(5-12(17)15-10)16-6-8(2)13-9(3)7-16/h5,8-9,13H,4,6-7H2,1-3H3,(H,14,15,17). The van der Waals surface area contributed by atoms with Crippen molar-refractivity contribution in [1.29, 1.82) is 0 Å². The van der Waals surface area contributed by atoms with E-state index in [-0.39, 0.29) is 5.56 Å². The average molecular weight is 236 g/mol. The maximum atomic E-state index is 11.5. The Balaban J connectivity index is 2.26. The summed E-state index contributed by atoms with van der Waals surface area (Å²) in [6.45, 7) is 8.08. The minimum absolute atomic E-state index is 0.0642. The smallest absolute Gasteiger partial charge is 0.252 e. The molecule has 5 nitrogen and oxygen atoms in total. The van der Waals surface area contributed by atoms with Crippen LogP contribution >= 0.6 is 0 Å². The molecular formula is C12H20N4O. The van der Waals surface area contributed by atoms with E-state index in [0.29, 0.717) is 12.1 Å². The molecule has 2 unspecified atom stereocenters. The van der Waals surface area contributed by atoms with Gasteiger partial charge in [-0.3, -0.25) is 4.79 Å². The molecule has 2 atom stereocenters. The summed E-state index contributed by atoms with van der Waals surface area (Å²) in [5, 5.41) is 3.47. The molecule has 2 heterocycles. The van der Waals surface area contributed by atoms with Crippen LogP contribution in [-0.4, -0.2) is 35.1 Å². The summed E-state index contributed by atoms with van der Waals surface area (Å²) in [5.41, 5.74) is -0.0642. The van der Waals surface area contributed by atoms with Crippen molar-refractivity contribution in [3.63, 3.8) is 0 Å². The number of nitrogens with zero attached hydrogens (tertiary/aromatic N) is 2. The van der Waals surface area contributed by atoms with Gasteiger partial charge in [0.1, 0.15) is 11.6 Å². The second-order valence-corrected chi connectivity index (χ2v) is 4.78. The first-order chi connectivity index (χ1) is 8.08. The van der Waals surface area contributed by atoms with Crippen molar-refractivity contribution in [2.75, 3.05) is 18.0 Å². The minimum atomic E-state index is -0.0642. The van der Waals surface area contributed by atoms with Gasteiger partial charge in [0.2, 0.25) is 0 Å². The second-order valence-electron chi connectivity index (χ2n) is 4.78. The highest BCUT2D eigenvalue weighted by Crippen LogP contribution is 2.13. The molecule has 2 rings (SSSR count). The number of hydrogen-bond donors (Lipinski definition) is 2. The summed E-state index contributed by atoms with van der Waals surface area (Å²) >= 11 is 0. The molecular weight excluding hydrogens is 216 g/mol. The first-order valence-electron chi connectivity index (χ1n) is 6.19. The van der Waals surface area contributed by atoms with Crippen molar-refractivity contribution in [2.45, 2.75) is 39.3 Å². The number of piperazine rings is 1. The van der Waals surface area contributed by atoms with Gasteiger partial charge in [-0.05, 0) is 13.8 Å². The van der Waals surface area contributed by atoms with Gasteiger partial charge >= 0.3 is 0 Å². The Morgan fingerprint density at radius 2 is 2.06 bits per heavy atom. The number of aromatic nitrogens is 2. The van der Waals surface area contributed by atoms with E-state index < -0.39 is 0 Å². The summed E-state index contributed by atoms with van der Waals surface area (Å²) in [6.07, 6.45) is 0.750. The van der Waals surface area contributed by atoms with Gasteiger partial charge in [-0.1, -0.05) is 6.92 Å². The molecule has 0 aliphatic carbocycles. The Labute approximate surface area is 101 Å². The topological polar surface area (TPSA) is 61.0 Å². The lowest BCUT2D eigenvalue weighted by atomic mass is 10.1. The van der Waals surface area contributed by atoms with E-state index in [1.807, 2.05) is 6.92 Å². The van der Waals surface area contributed by atoms with Crippen LogP contribution in [0.1, 0.15) is 26.6 Å². The lowest BCUT2D eigenvalue weighted by Gasteiger charge is -2.36. The van der Waals surface area contributed by atoms with E-state index in [1.54, 1.807) is 6.07 Å². The van der Waals surface area contributed by atoms with E-state index in [4.69, 9.17) is 0 Å². The molecule has 1 aromatic heterocycles. The van der Waals surface area contributed by atoms with Gasteiger partial charge in [0.25, 0.3) is 5.56 Å². The van der Waals surface area contributed by atoms with Crippen LogP contribution in [0.4, 0.5) is 5.82 Å². The molecule has 1 fully saturated rings. The largest absolute Gasteiger partial charge is 0.353 e. The minimum Gasteiger partial charge on any atom is -0.353 e. The van der Waals surface area contributed by atoms with Crippen LogP contribution in [0.5, 0.6) is 0 Å². The fraction of sp³-hybridized carbons (Fsp3) is 0.667. The first kappa shape index (κ1) is 12.1. The number of aromatic amines is 1. The Morgan fingerprint density at radius 3 is 2.65 bits per heavy atom. The van der Waals surface area contributed by atoms with Gasteiger partial charge in [-0.25, -0.2) is 4.98 Å². The number of aryl methyl sites for hydroxylation is 1. The molecule has 0 bridgehead atoms. The van der Waals surface area contributed by atoms with E-state index in [2.05, 4.69) is 34.0 Å². The zero-order valence-corrected chi connectivity index (χ0v) is 10.7. The fourth-order valence-corrected chi connectivity index (χ4v) is 2.34. The third kappa shape index (κ3) is 2.85. The predicted molar refractivity (Wildman–Crippen MR) is 68.5 cm³/mol. The summed E-state index contributed by atoms with van der Waals surface area (Å²) in [4.78, 5) is 21.0. The summed E-state index contributed by atoms with van der Waals surface area (Å²) in [7, 11) is 0. The zero-order chi connectivity index (χ0) is 12.4. The quantitative estimate of drug-likeness (QED) is 0.786. The molecule has 0 amide bonds. The molecule has 17 heavy (non-hydrogen) atoms. The third-order valence-electron chi connectivity index (χ3n) is 2.99. The van der Waals surface area contributed by atoms with Crippen molar-refractivity contribution in [1.82, 2.24) is 15.3 Å². The van der Waals surface area contributed by atoms with Crippen LogP contribution in [0.25, 0.3) is 0 Å². The van der Waals surface area contributed by atoms with E-state index in [1.165, 1.54) is 0 Å². The summed E-state index contributed by atoms with van der Waals surface area (Å²) in [5.74, 6) is 1.55. The highest BCUT2D eigenvalue weighted by molar-refractivity contribution is 5.38. The molecule has 1 aromatic rings. The molecule has 2 N–H and O–H groups in total. The SMILES string of the molecule is CCc1nc(N2CC(C)NC(C)C2)cc(=O)[nH]1. The highest BCUT2D eigenvalue weighted by Gasteiger charge is 2.22. The van der Waals surface area contributed by atoms with Gasteiger partial charge in [-0.2, -0.15) is 0 Å². The van der Waals surface area contributed by atoms with Gasteiger partial charge in [-0.15, -0.1) is 0 Å². The van der Waals surface area contributed by atoms with Crippen LogP contribution in [0, 0.1) is 0 Å². The van der Waals surface area contributed by atoms with E-state index in [0.717, 1.165) is 31.2 Å². The Bertz CT molecular complexity index is 432. The number of H-pyrrole nitrogens is 1. The van der Waals surface area contributed by atoms with Crippen molar-refractivity contribution in [3.05, 3.63) is 22.2 Å². The van der Waals surface area contributed by atoms with Crippen LogP contribution in [0.2, 0.25) is 0 Å². The highest BCUT2D eigenvalue weighted by atomic mass is 16.1. The predicted octanol–water partition coefficient (Wildman–Crippen LogP) is 0.519. The molecule has 1 saturated heterocycles. The Hall–Kier alpha value is -1.36. The molecule has 1 aliphatic heterocycles. The number of anilines is 1. The molecule has 0 aromatic carbocycles. The van der Waals surface area contributed by atoms with Gasteiger partial charge in [0.15, 0.2) is 0 Å². The summed E-state index contributed by atoms with van der Waals surface area (Å²) in [6, 6.07) is 2.43. The maximum Gasteiger partial charge on any atom is 0.252 e. The molecule has 94 valence electrons. The van der Waals surface area contributed by atoms with E-state index >= 15 is 0 Å². The average Bonchev–Trinajstić information content (AvgIpc) is 2.26. The third-order valence-corrected chi connectivity index (χ3v) is 2.99. The molecule has 0 radical (unpaired) electrons. The maximum absolute atomic E-state index is 11.5. The van der Waals surface area contributed by atoms with Crippen molar-refractivity contribution >= 4 is 5.82 Å². The van der Waals surface area contributed by atoms with Crippen LogP contribution < -0.4 is 15.8 Å². The number of rotatable bonds is 2. The molecule has 5 heteroatoms. The van der Waals surface area contributed by atoms with Crippen LogP contribution in [0.3, 0.4) is 0 Å². The van der Waals surface area contributed by atoms with Gasteiger partial charge in [0, 0.05) is 37.7 Å². The Morgan fingerprint density at radius 1 is 1.41 bits per heavy atom. The van der Waals surface area contributed by atoms with Crippen molar-refractivity contribution < 1.29 is 0 Å². The zero-order valence-electron chi connectivity index (χ0n) is 10.7. The first-order valence-corrected chi connectivity index (χ1v) is 6.19. The lowest BCUT2D eigenvalue weighted by Crippen LogP contribution is -2.54. The fourth-order valence-electron chi connectivity index (χ4n) is 2.34. The Kier molecular flexibility index (Phi) is 3.47. The lowest BCUT2D eigenvalue weighted by molar-refractivity contribution is 0.405. The van der Waals surface area contributed by atoms with Crippen molar-refractivity contribution in [3.8, 4) is 0 Å². The van der Waals surface area contributed by atoms with Crippen LogP contribution in [-0.2, 0) is 6.42 Å². The normalized spacial score (nSPS) is 25.0. The summed E-state index contributed by atoms with van der Waals surface area (Å²) < 4.78 is 0.